The molecule has 2 heterocycles. The Hall–Kier alpha value is -2.99. The Balaban J connectivity index is 1.63. The molecule has 1 aromatic carbocycles. The van der Waals surface area contributed by atoms with Gasteiger partial charge >= 0.3 is 0 Å². The largest absolute Gasteiger partial charge is 0.481 e. The van der Waals surface area contributed by atoms with Crippen LogP contribution in [0.25, 0.3) is 10.8 Å². The number of nitrogens with one attached hydrogen (secondary N) is 1. The quantitative estimate of drug-likeness (QED) is 0.728. The van der Waals surface area contributed by atoms with Crippen molar-refractivity contribution in [1.29, 1.82) is 0 Å². The van der Waals surface area contributed by atoms with Crippen molar-refractivity contribution in [2.45, 2.75) is 25.0 Å². The van der Waals surface area contributed by atoms with Gasteiger partial charge in [0.25, 0.3) is 5.91 Å². The lowest BCUT2D eigenvalue weighted by Crippen LogP contribution is -2.41. The molecule has 138 valence electrons. The summed E-state index contributed by atoms with van der Waals surface area (Å²) in [6.45, 7) is 0. The number of aliphatic hydroxyl groups excluding tert-OH is 1. The highest BCUT2D eigenvalue weighted by atomic mass is 16.5. The maximum absolute atomic E-state index is 13.0. The molecule has 3 aromatic rings. The first-order valence-corrected chi connectivity index (χ1v) is 8.98. The second-order valence-corrected chi connectivity index (χ2v) is 6.85. The zero-order chi connectivity index (χ0) is 18.8. The molecule has 27 heavy (non-hydrogen) atoms. The third-order valence-corrected chi connectivity index (χ3v) is 5.12. The summed E-state index contributed by atoms with van der Waals surface area (Å²) in [6, 6.07) is 13.0. The molecule has 1 fully saturated rings. The molecule has 1 saturated carbocycles. The Morgan fingerprint density at radius 1 is 1.19 bits per heavy atom. The Labute approximate surface area is 157 Å². The summed E-state index contributed by atoms with van der Waals surface area (Å²) in [5.41, 5.74) is 1.29. The highest BCUT2D eigenvalue weighted by molar-refractivity contribution is 6.05. The van der Waals surface area contributed by atoms with Crippen LogP contribution in [0.1, 0.15) is 34.9 Å². The summed E-state index contributed by atoms with van der Waals surface area (Å²) in [6.07, 6.45) is 4.36. The van der Waals surface area contributed by atoms with Crippen molar-refractivity contribution in [3.63, 3.8) is 0 Å². The van der Waals surface area contributed by atoms with E-state index < -0.39 is 0 Å². The predicted octanol–water partition coefficient (Wildman–Crippen LogP) is 2.88. The van der Waals surface area contributed by atoms with E-state index in [4.69, 9.17) is 4.74 Å². The minimum absolute atomic E-state index is 0.161. The first kappa shape index (κ1) is 17.4. The molecule has 1 amide bonds. The molecule has 0 saturated heterocycles. The van der Waals surface area contributed by atoms with E-state index >= 15 is 0 Å². The van der Waals surface area contributed by atoms with Crippen molar-refractivity contribution in [3.05, 3.63) is 66.1 Å². The van der Waals surface area contributed by atoms with Crippen molar-refractivity contribution in [2.24, 2.45) is 5.92 Å². The van der Waals surface area contributed by atoms with Gasteiger partial charge in [-0.3, -0.25) is 9.78 Å². The number of aromatic nitrogens is 2. The van der Waals surface area contributed by atoms with E-state index in [0.717, 1.165) is 16.3 Å². The van der Waals surface area contributed by atoms with Crippen molar-refractivity contribution in [2.75, 3.05) is 7.11 Å². The summed E-state index contributed by atoms with van der Waals surface area (Å²) >= 11 is 0. The van der Waals surface area contributed by atoms with E-state index in [0.29, 0.717) is 24.4 Å². The van der Waals surface area contributed by atoms with Crippen LogP contribution < -0.4 is 10.1 Å². The second kappa shape index (κ2) is 7.32. The van der Waals surface area contributed by atoms with Gasteiger partial charge < -0.3 is 15.2 Å². The number of hydrogen-bond acceptors (Lipinski definition) is 5. The number of carbonyl (C=O) groups excluding carboxylic acids is 1. The lowest BCUT2D eigenvalue weighted by molar-refractivity contribution is 0.0234. The van der Waals surface area contributed by atoms with Gasteiger partial charge in [0.2, 0.25) is 5.88 Å². The molecule has 0 radical (unpaired) electrons. The number of amides is 1. The van der Waals surface area contributed by atoms with Crippen molar-refractivity contribution < 1.29 is 14.6 Å². The summed E-state index contributed by atoms with van der Waals surface area (Å²) in [5, 5.41) is 14.6. The number of nitrogens with zero attached hydrogens (tertiary/aromatic N) is 2. The summed E-state index contributed by atoms with van der Waals surface area (Å²) < 4.78 is 5.12. The van der Waals surface area contributed by atoms with Crippen LogP contribution in [0.3, 0.4) is 0 Å². The number of aliphatic hydroxyl groups is 1. The third-order valence-electron chi connectivity index (χ3n) is 5.12. The summed E-state index contributed by atoms with van der Waals surface area (Å²) in [4.78, 5) is 21.6. The molecule has 1 unspecified atom stereocenters. The van der Waals surface area contributed by atoms with Gasteiger partial charge in [-0.25, -0.2) is 4.98 Å². The molecular formula is C21H21N3O3. The Bertz CT molecular complexity index is 947. The van der Waals surface area contributed by atoms with Gasteiger partial charge in [0.05, 0.1) is 19.3 Å². The standard InChI is InChI=1S/C21H21N3O3/c1-27-18-7-6-14(12-23-18)19(15-10-16(25)11-15)24-21(26)20-17-5-3-2-4-13(17)8-9-22-20/h2-9,12,15-16,19,25H,10-11H2,1H3,(H,24,26). The van der Waals surface area contributed by atoms with Crippen LogP contribution in [0, 0.1) is 5.92 Å². The zero-order valence-corrected chi connectivity index (χ0v) is 15.0. The Morgan fingerprint density at radius 3 is 2.70 bits per heavy atom. The molecule has 4 rings (SSSR count). The van der Waals surface area contributed by atoms with E-state index in [1.54, 1.807) is 25.6 Å². The van der Waals surface area contributed by atoms with Crippen LogP contribution in [0.2, 0.25) is 0 Å². The van der Waals surface area contributed by atoms with Crippen LogP contribution in [-0.4, -0.2) is 34.2 Å². The van der Waals surface area contributed by atoms with Gasteiger partial charge in [-0.05, 0) is 35.8 Å². The van der Waals surface area contributed by atoms with Gasteiger partial charge in [0.15, 0.2) is 0 Å². The number of methoxy groups -OCH3 is 1. The van der Waals surface area contributed by atoms with Crippen molar-refractivity contribution in [3.8, 4) is 5.88 Å². The van der Waals surface area contributed by atoms with Crippen LogP contribution >= 0.6 is 0 Å². The van der Waals surface area contributed by atoms with Gasteiger partial charge in [-0.15, -0.1) is 0 Å². The lowest BCUT2D eigenvalue weighted by atomic mass is 9.75. The normalized spacial score (nSPS) is 19.9. The summed E-state index contributed by atoms with van der Waals surface area (Å²) in [5.74, 6) is 0.455. The number of carbonyl (C=O) groups is 1. The van der Waals surface area contributed by atoms with Gasteiger partial charge in [0, 0.05) is 23.8 Å². The number of benzene rings is 1. The fraction of sp³-hybridized carbons (Fsp3) is 0.286. The highest BCUT2D eigenvalue weighted by Crippen LogP contribution is 2.38. The number of ether oxygens (including phenoxy) is 1. The molecule has 0 aliphatic heterocycles. The van der Waals surface area contributed by atoms with Crippen molar-refractivity contribution >= 4 is 16.7 Å². The molecule has 2 N–H and O–H groups in total. The average Bonchev–Trinajstić information content (AvgIpc) is 2.69. The fourth-order valence-electron chi connectivity index (χ4n) is 3.58. The first-order chi connectivity index (χ1) is 13.2. The lowest BCUT2D eigenvalue weighted by Gasteiger charge is -2.38. The molecular weight excluding hydrogens is 342 g/mol. The topological polar surface area (TPSA) is 84.3 Å². The second-order valence-electron chi connectivity index (χ2n) is 6.85. The monoisotopic (exact) mass is 363 g/mol. The van der Waals surface area contributed by atoms with E-state index in [1.807, 2.05) is 36.4 Å². The van der Waals surface area contributed by atoms with Crippen LogP contribution in [0.4, 0.5) is 0 Å². The van der Waals surface area contributed by atoms with E-state index in [1.165, 1.54) is 0 Å². The van der Waals surface area contributed by atoms with Crippen LogP contribution in [0.5, 0.6) is 5.88 Å². The number of rotatable bonds is 5. The van der Waals surface area contributed by atoms with E-state index in [-0.39, 0.29) is 24.0 Å². The Morgan fingerprint density at radius 2 is 2.00 bits per heavy atom. The number of hydrogen-bond donors (Lipinski definition) is 2. The van der Waals surface area contributed by atoms with Crippen molar-refractivity contribution in [1.82, 2.24) is 15.3 Å². The maximum Gasteiger partial charge on any atom is 0.271 e. The summed E-state index contributed by atoms with van der Waals surface area (Å²) in [7, 11) is 1.57. The van der Waals surface area contributed by atoms with E-state index in [2.05, 4.69) is 15.3 Å². The minimum Gasteiger partial charge on any atom is -0.481 e. The maximum atomic E-state index is 13.0. The van der Waals surface area contributed by atoms with Crippen LogP contribution in [0.15, 0.2) is 54.9 Å². The average molecular weight is 363 g/mol. The molecule has 1 aliphatic rings. The van der Waals surface area contributed by atoms with Crippen LogP contribution in [-0.2, 0) is 0 Å². The predicted molar refractivity (Wildman–Crippen MR) is 101 cm³/mol. The SMILES string of the molecule is COc1ccc(C(NC(=O)c2nccc3ccccc23)C2CC(O)C2)cn1. The molecule has 0 bridgehead atoms. The highest BCUT2D eigenvalue weighted by Gasteiger charge is 2.36. The smallest absolute Gasteiger partial charge is 0.271 e. The Kier molecular flexibility index (Phi) is 4.73. The molecule has 6 heteroatoms. The molecule has 1 atom stereocenters. The first-order valence-electron chi connectivity index (χ1n) is 8.98. The molecule has 2 aromatic heterocycles. The minimum atomic E-state index is -0.309. The van der Waals surface area contributed by atoms with Gasteiger partial charge in [-0.2, -0.15) is 0 Å². The van der Waals surface area contributed by atoms with Gasteiger partial charge in [-0.1, -0.05) is 30.3 Å². The molecule has 0 spiro atoms. The number of pyridine rings is 2. The molecule has 1 aliphatic carbocycles. The molecule has 6 nitrogen and oxygen atoms in total. The third kappa shape index (κ3) is 3.48. The van der Waals surface area contributed by atoms with E-state index in [9.17, 15) is 9.90 Å². The number of fused-ring (bicyclic) bond motifs is 1. The zero-order valence-electron chi connectivity index (χ0n) is 15.0. The van der Waals surface area contributed by atoms with Gasteiger partial charge in [0.1, 0.15) is 5.69 Å². The fourth-order valence-corrected chi connectivity index (χ4v) is 3.58.